The number of benzene rings is 2. The van der Waals surface area contributed by atoms with E-state index in [1.165, 1.54) is 36.6 Å². The van der Waals surface area contributed by atoms with Crippen LogP contribution in [0.15, 0.2) is 52.9 Å². The average molecular weight is 381 g/mol. The maximum atomic E-state index is 11.3. The fraction of sp³-hybridized carbons (Fsp3) is 0.0556. The summed E-state index contributed by atoms with van der Waals surface area (Å²) in [5.41, 5.74) is 11.7. The van der Waals surface area contributed by atoms with Gasteiger partial charge in [-0.25, -0.2) is 4.98 Å². The fourth-order valence-electron chi connectivity index (χ4n) is 2.30. The van der Waals surface area contributed by atoms with E-state index in [2.05, 4.69) is 15.5 Å². The highest BCUT2D eigenvalue weighted by atomic mass is 32.1. The molecule has 0 aliphatic rings. The third-order valence-corrected chi connectivity index (χ3v) is 4.46. The molecule has 0 aliphatic carbocycles. The van der Waals surface area contributed by atoms with E-state index in [1.54, 1.807) is 35.7 Å². The van der Waals surface area contributed by atoms with Crippen LogP contribution in [0.4, 0.5) is 16.5 Å². The number of nitro benzene ring substituents is 1. The Labute approximate surface area is 158 Å². The number of thiazole rings is 1. The van der Waals surface area contributed by atoms with E-state index >= 15 is 0 Å². The number of nitrogens with one attached hydrogen (secondary N) is 1. The van der Waals surface area contributed by atoms with Gasteiger partial charge in [0.2, 0.25) is 5.13 Å². The molecule has 3 rings (SSSR count). The largest absolute Gasteiger partial charge is 0.398 e. The van der Waals surface area contributed by atoms with Crippen molar-refractivity contribution in [2.45, 2.75) is 6.92 Å². The van der Waals surface area contributed by atoms with Crippen LogP contribution in [-0.4, -0.2) is 21.9 Å². The first-order valence-corrected chi connectivity index (χ1v) is 8.72. The molecule has 0 aliphatic heterocycles. The number of anilines is 2. The van der Waals surface area contributed by atoms with Gasteiger partial charge in [0.1, 0.15) is 0 Å². The van der Waals surface area contributed by atoms with Crippen molar-refractivity contribution < 1.29 is 9.72 Å². The molecule has 9 heteroatoms. The number of hydrogen-bond donors (Lipinski definition) is 2. The minimum absolute atomic E-state index is 0.0116. The molecule has 3 N–H and O–H groups in total. The van der Waals surface area contributed by atoms with Crippen LogP contribution in [0, 0.1) is 10.1 Å². The summed E-state index contributed by atoms with van der Waals surface area (Å²) in [5.74, 6) is -0.0558. The molecule has 0 unspecified atom stereocenters. The second kappa shape index (κ2) is 7.75. The van der Waals surface area contributed by atoms with Crippen molar-refractivity contribution in [3.63, 3.8) is 0 Å². The predicted molar refractivity (Wildman–Crippen MR) is 106 cm³/mol. The number of ketones is 1. The van der Waals surface area contributed by atoms with Gasteiger partial charge in [-0.15, -0.1) is 11.3 Å². The van der Waals surface area contributed by atoms with Gasteiger partial charge in [-0.3, -0.25) is 20.3 Å². The Bertz CT molecular complexity index is 1040. The Morgan fingerprint density at radius 2 is 2.15 bits per heavy atom. The lowest BCUT2D eigenvalue weighted by atomic mass is 10.1. The second-order valence-electron chi connectivity index (χ2n) is 5.62. The normalized spacial score (nSPS) is 10.9. The van der Waals surface area contributed by atoms with Gasteiger partial charge in [-0.05, 0) is 13.0 Å². The SMILES string of the molecule is CC(=O)c1ccc(C=NNc2nc(-c3cccc([N+](=O)[O-])c3)cs2)c(N)c1. The zero-order valence-electron chi connectivity index (χ0n) is 14.2. The third kappa shape index (κ3) is 4.33. The summed E-state index contributed by atoms with van der Waals surface area (Å²) >= 11 is 1.32. The van der Waals surface area contributed by atoms with Gasteiger partial charge >= 0.3 is 0 Å². The van der Waals surface area contributed by atoms with Crippen molar-refractivity contribution >= 4 is 39.8 Å². The van der Waals surface area contributed by atoms with Gasteiger partial charge < -0.3 is 5.73 Å². The Morgan fingerprint density at radius 3 is 2.85 bits per heavy atom. The number of aromatic nitrogens is 1. The number of Topliss-reactive ketones (excluding diaryl/α,β-unsaturated/α-hetero) is 1. The lowest BCUT2D eigenvalue weighted by Gasteiger charge is -2.02. The van der Waals surface area contributed by atoms with Crippen LogP contribution in [0.3, 0.4) is 0 Å². The second-order valence-corrected chi connectivity index (χ2v) is 6.47. The van der Waals surface area contributed by atoms with Crippen molar-refractivity contribution in [1.82, 2.24) is 4.98 Å². The molecule has 0 spiro atoms. The van der Waals surface area contributed by atoms with E-state index in [0.29, 0.717) is 33.2 Å². The highest BCUT2D eigenvalue weighted by molar-refractivity contribution is 7.14. The smallest absolute Gasteiger partial charge is 0.270 e. The lowest BCUT2D eigenvalue weighted by Crippen LogP contribution is -1.99. The highest BCUT2D eigenvalue weighted by Crippen LogP contribution is 2.27. The molecule has 0 saturated heterocycles. The molecular weight excluding hydrogens is 366 g/mol. The van der Waals surface area contributed by atoms with E-state index < -0.39 is 4.92 Å². The number of nitrogen functional groups attached to an aromatic ring is 1. The van der Waals surface area contributed by atoms with Gasteiger partial charge in [0.05, 0.1) is 16.8 Å². The molecule has 27 heavy (non-hydrogen) atoms. The van der Waals surface area contributed by atoms with Crippen LogP contribution in [0.1, 0.15) is 22.8 Å². The first-order chi connectivity index (χ1) is 12.9. The fourth-order valence-corrected chi connectivity index (χ4v) is 2.97. The third-order valence-electron chi connectivity index (χ3n) is 3.71. The number of hydrazone groups is 1. The molecule has 0 fully saturated rings. The standard InChI is InChI=1S/C18H15N5O3S/c1-11(24)12-5-6-14(16(19)8-12)9-20-22-18-21-17(10-27-18)13-3-2-4-15(7-13)23(25)26/h2-10H,19H2,1H3,(H,21,22). The maximum Gasteiger partial charge on any atom is 0.270 e. The Balaban J connectivity index is 1.71. The number of carbonyl (C=O) groups is 1. The summed E-state index contributed by atoms with van der Waals surface area (Å²) in [6.45, 7) is 1.48. The summed E-state index contributed by atoms with van der Waals surface area (Å²) < 4.78 is 0. The van der Waals surface area contributed by atoms with E-state index in [1.807, 2.05) is 0 Å². The average Bonchev–Trinajstić information content (AvgIpc) is 3.12. The molecule has 2 aromatic carbocycles. The zero-order chi connectivity index (χ0) is 19.4. The van der Waals surface area contributed by atoms with Crippen molar-refractivity contribution in [2.75, 3.05) is 11.2 Å². The van der Waals surface area contributed by atoms with E-state index in [0.717, 1.165) is 0 Å². The number of non-ortho nitro benzene ring substituents is 1. The molecule has 1 aromatic heterocycles. The summed E-state index contributed by atoms with van der Waals surface area (Å²) in [6.07, 6.45) is 1.54. The molecule has 0 bridgehead atoms. The molecule has 0 amide bonds. The summed E-state index contributed by atoms with van der Waals surface area (Å²) in [4.78, 5) is 26.1. The first kappa shape index (κ1) is 18.2. The number of carbonyl (C=O) groups excluding carboxylic acids is 1. The zero-order valence-corrected chi connectivity index (χ0v) is 15.1. The first-order valence-electron chi connectivity index (χ1n) is 7.84. The molecule has 1 heterocycles. The summed E-state index contributed by atoms with van der Waals surface area (Å²) in [7, 11) is 0. The number of nitrogens with zero attached hydrogens (tertiary/aromatic N) is 3. The highest BCUT2D eigenvalue weighted by Gasteiger charge is 2.10. The topological polar surface area (TPSA) is 124 Å². The van der Waals surface area contributed by atoms with E-state index in [-0.39, 0.29) is 11.5 Å². The van der Waals surface area contributed by atoms with Crippen LogP contribution in [0.2, 0.25) is 0 Å². The predicted octanol–water partition coefficient (Wildman–Crippen LogP) is 3.95. The van der Waals surface area contributed by atoms with Gasteiger partial charge in [-0.2, -0.15) is 5.10 Å². The van der Waals surface area contributed by atoms with Crippen molar-refractivity contribution in [3.8, 4) is 11.3 Å². The number of nitro groups is 1. The van der Waals surface area contributed by atoms with Crippen molar-refractivity contribution in [2.24, 2.45) is 5.10 Å². The van der Waals surface area contributed by atoms with Crippen LogP contribution in [0.5, 0.6) is 0 Å². The summed E-state index contributed by atoms with van der Waals surface area (Å²) in [5, 5.41) is 17.3. The van der Waals surface area contributed by atoms with Gasteiger partial charge in [0, 0.05) is 39.9 Å². The molecule has 8 nitrogen and oxygen atoms in total. The van der Waals surface area contributed by atoms with E-state index in [9.17, 15) is 14.9 Å². The number of rotatable bonds is 6. The molecule has 0 atom stereocenters. The molecule has 0 saturated carbocycles. The van der Waals surface area contributed by atoms with Crippen LogP contribution in [0.25, 0.3) is 11.3 Å². The Hall–Kier alpha value is -3.59. The molecule has 136 valence electrons. The summed E-state index contributed by atoms with van der Waals surface area (Å²) in [6, 6.07) is 11.3. The number of nitrogens with two attached hydrogens (primary N) is 1. The quantitative estimate of drug-likeness (QED) is 0.219. The lowest BCUT2D eigenvalue weighted by molar-refractivity contribution is -0.384. The Kier molecular flexibility index (Phi) is 5.23. The maximum absolute atomic E-state index is 11.3. The van der Waals surface area contributed by atoms with Gasteiger partial charge in [-0.1, -0.05) is 24.3 Å². The molecular formula is C18H15N5O3S. The van der Waals surface area contributed by atoms with Gasteiger partial charge in [0.25, 0.3) is 5.69 Å². The van der Waals surface area contributed by atoms with Crippen LogP contribution in [-0.2, 0) is 0 Å². The minimum Gasteiger partial charge on any atom is -0.398 e. The van der Waals surface area contributed by atoms with Crippen molar-refractivity contribution in [3.05, 3.63) is 69.1 Å². The molecule has 0 radical (unpaired) electrons. The molecule has 3 aromatic rings. The number of hydrogen-bond acceptors (Lipinski definition) is 8. The van der Waals surface area contributed by atoms with Crippen molar-refractivity contribution in [1.29, 1.82) is 0 Å². The van der Waals surface area contributed by atoms with E-state index in [4.69, 9.17) is 5.73 Å². The van der Waals surface area contributed by atoms with Crippen LogP contribution >= 0.6 is 11.3 Å². The van der Waals surface area contributed by atoms with Gasteiger partial charge in [0.15, 0.2) is 5.78 Å². The monoisotopic (exact) mass is 381 g/mol. The Morgan fingerprint density at radius 1 is 1.33 bits per heavy atom. The van der Waals surface area contributed by atoms with Crippen LogP contribution < -0.4 is 11.2 Å². The minimum atomic E-state index is -0.443.